The highest BCUT2D eigenvalue weighted by Gasteiger charge is 2.10. The minimum Gasteiger partial charge on any atom is -0.493 e. The number of hydrogen-bond acceptors (Lipinski definition) is 6. The molecule has 1 saturated heterocycles. The first-order valence-electron chi connectivity index (χ1n) is 11.4. The van der Waals surface area contributed by atoms with Gasteiger partial charge in [-0.3, -0.25) is 9.69 Å². The number of guanidine groups is 1. The highest BCUT2D eigenvalue weighted by Crippen LogP contribution is 2.28. The normalized spacial score (nSPS) is 14.7. The summed E-state index contributed by atoms with van der Waals surface area (Å²) in [6, 6.07) is 6.04. The van der Waals surface area contributed by atoms with Crippen molar-refractivity contribution in [2.45, 2.75) is 19.8 Å². The summed E-state index contributed by atoms with van der Waals surface area (Å²) in [6.45, 7) is 8.58. The van der Waals surface area contributed by atoms with Gasteiger partial charge in [0.25, 0.3) is 0 Å². The number of nitrogens with one attached hydrogen (secondary N) is 2. The number of hydrogen-bond donors (Lipinski definition) is 2. The standard InChI is InChI=1S/C23H39N5O4/c1-5-32-21-17-19(8-9-20(21)30-4)7-6-10-24-23(26-18-22(29)27(2)3)25-11-12-28-13-15-31-16-14-28/h8-9,17H,5-7,10-16,18H2,1-4H3,(H2,24,25,26). The molecule has 0 aliphatic carbocycles. The Morgan fingerprint density at radius 2 is 1.94 bits per heavy atom. The number of nitrogens with zero attached hydrogens (tertiary/aromatic N) is 3. The molecular formula is C23H39N5O4. The van der Waals surface area contributed by atoms with E-state index in [-0.39, 0.29) is 12.5 Å². The van der Waals surface area contributed by atoms with Crippen LogP contribution in [-0.2, 0) is 16.0 Å². The molecule has 1 aromatic carbocycles. The molecule has 0 bridgehead atoms. The maximum atomic E-state index is 11.9. The Morgan fingerprint density at radius 1 is 1.19 bits per heavy atom. The van der Waals surface area contributed by atoms with Crippen LogP contribution >= 0.6 is 0 Å². The summed E-state index contributed by atoms with van der Waals surface area (Å²) in [6.07, 6.45) is 1.82. The van der Waals surface area contributed by atoms with Gasteiger partial charge < -0.3 is 29.7 Å². The molecule has 9 nitrogen and oxygen atoms in total. The topological polar surface area (TPSA) is 87.7 Å². The van der Waals surface area contributed by atoms with E-state index in [1.54, 1.807) is 26.1 Å². The minimum absolute atomic E-state index is 0.0269. The monoisotopic (exact) mass is 449 g/mol. The van der Waals surface area contributed by atoms with Gasteiger partial charge in [-0.05, 0) is 37.5 Å². The maximum absolute atomic E-state index is 11.9. The van der Waals surface area contributed by atoms with Crippen LogP contribution in [0.25, 0.3) is 0 Å². The van der Waals surface area contributed by atoms with Crippen LogP contribution in [0.1, 0.15) is 18.9 Å². The van der Waals surface area contributed by atoms with Crippen LogP contribution in [0.4, 0.5) is 0 Å². The lowest BCUT2D eigenvalue weighted by atomic mass is 10.1. The first-order chi connectivity index (χ1) is 15.5. The van der Waals surface area contributed by atoms with E-state index in [1.807, 2.05) is 19.1 Å². The predicted octanol–water partition coefficient (Wildman–Crippen LogP) is 0.982. The largest absolute Gasteiger partial charge is 0.493 e. The van der Waals surface area contributed by atoms with E-state index in [0.29, 0.717) is 12.6 Å². The SMILES string of the molecule is CCOc1cc(CCCNC(=NCC(=O)N(C)C)NCCN2CCOCC2)ccc1OC. The maximum Gasteiger partial charge on any atom is 0.243 e. The van der Waals surface area contributed by atoms with Gasteiger partial charge >= 0.3 is 0 Å². The average Bonchev–Trinajstić information content (AvgIpc) is 2.80. The van der Waals surface area contributed by atoms with Crippen LogP contribution in [0.2, 0.25) is 0 Å². The second kappa shape index (κ2) is 14.5. The number of rotatable bonds is 12. The molecule has 0 radical (unpaired) electrons. The van der Waals surface area contributed by atoms with Crippen molar-refractivity contribution in [3.05, 3.63) is 23.8 Å². The Morgan fingerprint density at radius 3 is 2.62 bits per heavy atom. The lowest BCUT2D eigenvalue weighted by Gasteiger charge is -2.26. The van der Waals surface area contributed by atoms with E-state index >= 15 is 0 Å². The molecule has 1 heterocycles. The van der Waals surface area contributed by atoms with Gasteiger partial charge in [-0.15, -0.1) is 0 Å². The van der Waals surface area contributed by atoms with Crippen LogP contribution in [0.5, 0.6) is 11.5 Å². The highest BCUT2D eigenvalue weighted by molar-refractivity contribution is 5.84. The van der Waals surface area contributed by atoms with Crippen molar-refractivity contribution < 1.29 is 19.0 Å². The fourth-order valence-electron chi connectivity index (χ4n) is 3.26. The molecule has 1 aliphatic rings. The van der Waals surface area contributed by atoms with Gasteiger partial charge in [0.15, 0.2) is 17.5 Å². The van der Waals surface area contributed by atoms with Crippen LogP contribution in [0.3, 0.4) is 0 Å². The van der Waals surface area contributed by atoms with Crippen LogP contribution in [-0.4, -0.2) is 102 Å². The number of aryl methyl sites for hydroxylation is 1. The Hall–Kier alpha value is -2.52. The summed E-state index contributed by atoms with van der Waals surface area (Å²) in [5.74, 6) is 2.16. The molecule has 0 atom stereocenters. The number of carbonyl (C=O) groups is 1. The number of carbonyl (C=O) groups excluding carboxylic acids is 1. The number of methoxy groups -OCH3 is 1. The molecule has 9 heteroatoms. The molecule has 1 fully saturated rings. The third-order valence-corrected chi connectivity index (χ3v) is 5.16. The molecule has 0 aromatic heterocycles. The fourth-order valence-corrected chi connectivity index (χ4v) is 3.26. The first kappa shape index (κ1) is 25.7. The molecule has 2 rings (SSSR count). The third kappa shape index (κ3) is 9.32. The quantitative estimate of drug-likeness (QED) is 0.279. The molecule has 1 aliphatic heterocycles. The van der Waals surface area contributed by atoms with Crippen molar-refractivity contribution in [2.75, 3.05) is 80.3 Å². The molecule has 0 saturated carbocycles. The second-order valence-electron chi connectivity index (χ2n) is 7.78. The van der Waals surface area contributed by atoms with E-state index in [0.717, 1.165) is 70.3 Å². The van der Waals surface area contributed by atoms with Gasteiger partial charge in [-0.2, -0.15) is 0 Å². The van der Waals surface area contributed by atoms with Gasteiger partial charge in [0, 0.05) is 46.8 Å². The summed E-state index contributed by atoms with van der Waals surface area (Å²) in [5.41, 5.74) is 1.19. The lowest BCUT2D eigenvalue weighted by Crippen LogP contribution is -2.45. The number of amides is 1. The number of morpholine rings is 1. The van der Waals surface area contributed by atoms with E-state index in [4.69, 9.17) is 14.2 Å². The zero-order chi connectivity index (χ0) is 23.2. The molecule has 0 spiro atoms. The zero-order valence-electron chi connectivity index (χ0n) is 20.0. The van der Waals surface area contributed by atoms with E-state index in [2.05, 4.69) is 26.6 Å². The molecule has 32 heavy (non-hydrogen) atoms. The van der Waals surface area contributed by atoms with Crippen LogP contribution < -0.4 is 20.1 Å². The molecule has 2 N–H and O–H groups in total. The molecule has 180 valence electrons. The molecule has 1 amide bonds. The van der Waals surface area contributed by atoms with Crippen LogP contribution in [0, 0.1) is 0 Å². The lowest BCUT2D eigenvalue weighted by molar-refractivity contribution is -0.127. The number of aliphatic imine (C=N–C) groups is 1. The van der Waals surface area contributed by atoms with Gasteiger partial charge in [0.05, 0.1) is 26.9 Å². The van der Waals surface area contributed by atoms with Gasteiger partial charge in [0.2, 0.25) is 5.91 Å². The number of benzene rings is 1. The Labute approximate surface area is 192 Å². The summed E-state index contributed by atoms with van der Waals surface area (Å²) >= 11 is 0. The third-order valence-electron chi connectivity index (χ3n) is 5.16. The van der Waals surface area contributed by atoms with E-state index in [1.165, 1.54) is 5.56 Å². The summed E-state index contributed by atoms with van der Waals surface area (Å²) in [4.78, 5) is 20.3. The van der Waals surface area contributed by atoms with Gasteiger partial charge in [-0.25, -0.2) is 4.99 Å². The second-order valence-corrected chi connectivity index (χ2v) is 7.78. The molecule has 1 aromatic rings. The number of likely N-dealkylation sites (N-methyl/N-ethyl adjacent to an activating group) is 1. The fraction of sp³-hybridized carbons (Fsp3) is 0.652. The Bertz CT molecular complexity index is 720. The van der Waals surface area contributed by atoms with Crippen molar-refractivity contribution in [3.8, 4) is 11.5 Å². The molecular weight excluding hydrogens is 410 g/mol. The average molecular weight is 450 g/mol. The van der Waals surface area contributed by atoms with Gasteiger partial charge in [0.1, 0.15) is 6.54 Å². The van der Waals surface area contributed by atoms with Crippen molar-refractivity contribution in [1.82, 2.24) is 20.4 Å². The van der Waals surface area contributed by atoms with Gasteiger partial charge in [-0.1, -0.05) is 6.07 Å². The molecule has 0 unspecified atom stereocenters. The van der Waals surface area contributed by atoms with Crippen molar-refractivity contribution >= 4 is 11.9 Å². The Balaban J connectivity index is 1.83. The first-order valence-corrected chi connectivity index (χ1v) is 11.4. The summed E-state index contributed by atoms with van der Waals surface area (Å²) in [5, 5.41) is 6.70. The zero-order valence-corrected chi connectivity index (χ0v) is 20.0. The minimum atomic E-state index is -0.0269. The number of ether oxygens (including phenoxy) is 3. The van der Waals surface area contributed by atoms with Crippen LogP contribution in [0.15, 0.2) is 23.2 Å². The van der Waals surface area contributed by atoms with Crippen molar-refractivity contribution in [3.63, 3.8) is 0 Å². The smallest absolute Gasteiger partial charge is 0.243 e. The van der Waals surface area contributed by atoms with E-state index < -0.39 is 0 Å². The highest BCUT2D eigenvalue weighted by atomic mass is 16.5. The van der Waals surface area contributed by atoms with Crippen molar-refractivity contribution in [2.24, 2.45) is 4.99 Å². The Kier molecular flexibility index (Phi) is 11.7. The van der Waals surface area contributed by atoms with E-state index in [9.17, 15) is 4.79 Å². The summed E-state index contributed by atoms with van der Waals surface area (Å²) < 4.78 is 16.4. The van der Waals surface area contributed by atoms with Crippen molar-refractivity contribution in [1.29, 1.82) is 0 Å². The predicted molar refractivity (Wildman–Crippen MR) is 127 cm³/mol. The summed E-state index contributed by atoms with van der Waals surface area (Å²) in [7, 11) is 5.12.